The van der Waals surface area contributed by atoms with Crippen LogP contribution in [-0.4, -0.2) is 22.5 Å². The smallest absolute Gasteiger partial charge is 0.182 e. The van der Waals surface area contributed by atoms with Gasteiger partial charge in [-0.25, -0.2) is 4.98 Å². The third-order valence-electron chi connectivity index (χ3n) is 1.98. The Kier molecular flexibility index (Phi) is 2.89. The average Bonchev–Trinajstić information content (AvgIpc) is 2.59. The largest absolute Gasteiger partial charge is 0.359 e. The second-order valence-corrected chi connectivity index (χ2v) is 4.99. The molecule has 1 aromatic rings. The molecular formula is C8H12N2S2. The van der Waals surface area contributed by atoms with Crippen molar-refractivity contribution in [2.24, 2.45) is 0 Å². The van der Waals surface area contributed by atoms with Gasteiger partial charge in [0, 0.05) is 17.6 Å². The molecule has 0 spiro atoms. The molecular weight excluding hydrogens is 188 g/mol. The molecule has 4 heteroatoms. The van der Waals surface area contributed by atoms with E-state index in [2.05, 4.69) is 22.1 Å². The molecule has 1 fully saturated rings. The zero-order chi connectivity index (χ0) is 8.23. The molecule has 1 N–H and O–H groups in total. The minimum absolute atomic E-state index is 0.664. The summed E-state index contributed by atoms with van der Waals surface area (Å²) in [7, 11) is 0. The van der Waals surface area contributed by atoms with Crippen molar-refractivity contribution >= 4 is 28.2 Å². The van der Waals surface area contributed by atoms with Gasteiger partial charge in [-0.3, -0.25) is 0 Å². The highest BCUT2D eigenvalue weighted by Gasteiger charge is 2.13. The zero-order valence-corrected chi connectivity index (χ0v) is 8.46. The van der Waals surface area contributed by atoms with Crippen molar-refractivity contribution in [2.45, 2.75) is 18.9 Å². The summed E-state index contributed by atoms with van der Waals surface area (Å²) in [4.78, 5) is 4.21. The fourth-order valence-electron chi connectivity index (χ4n) is 1.31. The Morgan fingerprint density at radius 1 is 1.42 bits per heavy atom. The number of hydrogen-bond donors (Lipinski definition) is 1. The molecule has 0 radical (unpaired) electrons. The molecule has 2 heterocycles. The Labute approximate surface area is 80.8 Å². The summed E-state index contributed by atoms with van der Waals surface area (Å²) in [6.07, 6.45) is 4.42. The van der Waals surface area contributed by atoms with Crippen LogP contribution in [-0.2, 0) is 0 Å². The minimum atomic E-state index is 0.664. The van der Waals surface area contributed by atoms with Crippen LogP contribution >= 0.6 is 23.1 Å². The summed E-state index contributed by atoms with van der Waals surface area (Å²) >= 11 is 3.74. The Morgan fingerprint density at radius 3 is 2.92 bits per heavy atom. The average molecular weight is 200 g/mol. The van der Waals surface area contributed by atoms with Crippen LogP contribution in [0.5, 0.6) is 0 Å². The van der Waals surface area contributed by atoms with E-state index in [9.17, 15) is 0 Å². The molecule has 0 atom stereocenters. The van der Waals surface area contributed by atoms with E-state index < -0.39 is 0 Å². The lowest BCUT2D eigenvalue weighted by molar-refractivity contribution is 0.666. The van der Waals surface area contributed by atoms with E-state index in [4.69, 9.17) is 0 Å². The van der Waals surface area contributed by atoms with Crippen LogP contribution in [0.25, 0.3) is 0 Å². The van der Waals surface area contributed by atoms with Gasteiger partial charge in [0.2, 0.25) is 0 Å². The maximum absolute atomic E-state index is 4.21. The van der Waals surface area contributed by atoms with Gasteiger partial charge >= 0.3 is 0 Å². The summed E-state index contributed by atoms with van der Waals surface area (Å²) in [5.41, 5.74) is 0. The van der Waals surface area contributed by atoms with Crippen molar-refractivity contribution in [1.29, 1.82) is 0 Å². The molecule has 2 rings (SSSR count). The third-order valence-corrected chi connectivity index (χ3v) is 3.73. The second-order valence-electron chi connectivity index (χ2n) is 2.87. The van der Waals surface area contributed by atoms with Crippen LogP contribution in [0.3, 0.4) is 0 Å². The number of thioether (sulfide) groups is 1. The predicted octanol–water partition coefficient (Wildman–Crippen LogP) is 2.45. The molecule has 1 saturated heterocycles. The fourth-order valence-corrected chi connectivity index (χ4v) is 3.02. The number of thiazole rings is 1. The normalized spacial score (nSPS) is 19.3. The molecule has 0 unspecified atom stereocenters. The van der Waals surface area contributed by atoms with Crippen LogP contribution in [0.15, 0.2) is 11.6 Å². The molecule has 1 aromatic heterocycles. The molecule has 0 aromatic carbocycles. The summed E-state index contributed by atoms with van der Waals surface area (Å²) < 4.78 is 0. The Hall–Kier alpha value is -0.220. The lowest BCUT2D eigenvalue weighted by Gasteiger charge is -2.21. The first-order valence-electron chi connectivity index (χ1n) is 4.19. The van der Waals surface area contributed by atoms with Crippen molar-refractivity contribution in [1.82, 2.24) is 4.98 Å². The Bertz CT molecular complexity index is 217. The zero-order valence-electron chi connectivity index (χ0n) is 6.82. The van der Waals surface area contributed by atoms with Crippen molar-refractivity contribution in [3.05, 3.63) is 11.6 Å². The number of nitrogens with one attached hydrogen (secondary N) is 1. The number of aromatic nitrogens is 1. The fraction of sp³-hybridized carbons (Fsp3) is 0.625. The number of hydrogen-bond acceptors (Lipinski definition) is 4. The van der Waals surface area contributed by atoms with Crippen molar-refractivity contribution in [3.63, 3.8) is 0 Å². The maximum atomic E-state index is 4.21. The van der Waals surface area contributed by atoms with Gasteiger partial charge in [0.25, 0.3) is 0 Å². The van der Waals surface area contributed by atoms with E-state index in [0.29, 0.717) is 6.04 Å². The number of anilines is 1. The van der Waals surface area contributed by atoms with Gasteiger partial charge < -0.3 is 5.32 Å². The first-order valence-corrected chi connectivity index (χ1v) is 6.22. The van der Waals surface area contributed by atoms with Gasteiger partial charge in [0.1, 0.15) is 0 Å². The van der Waals surface area contributed by atoms with Gasteiger partial charge in [-0.1, -0.05) is 0 Å². The number of rotatable bonds is 2. The first-order chi connectivity index (χ1) is 5.95. The van der Waals surface area contributed by atoms with Crippen LogP contribution < -0.4 is 5.32 Å². The van der Waals surface area contributed by atoms with Crippen molar-refractivity contribution < 1.29 is 0 Å². The van der Waals surface area contributed by atoms with Crippen LogP contribution in [0, 0.1) is 0 Å². The summed E-state index contributed by atoms with van der Waals surface area (Å²) in [5, 5.41) is 6.54. The predicted molar refractivity (Wildman–Crippen MR) is 56.1 cm³/mol. The van der Waals surface area contributed by atoms with E-state index in [0.717, 1.165) is 5.13 Å². The standard InChI is InChI=1S/C8H12N2S2/c1-4-11-5-2-7(1)10-8-9-3-6-12-8/h3,6-7H,1-2,4-5H2,(H,9,10). The Morgan fingerprint density at radius 2 is 2.25 bits per heavy atom. The second kappa shape index (κ2) is 4.14. The van der Waals surface area contributed by atoms with Gasteiger partial charge in [-0.2, -0.15) is 11.8 Å². The highest BCUT2D eigenvalue weighted by molar-refractivity contribution is 7.99. The molecule has 0 saturated carbocycles. The maximum Gasteiger partial charge on any atom is 0.182 e. The molecule has 2 nitrogen and oxygen atoms in total. The molecule has 1 aliphatic heterocycles. The quantitative estimate of drug-likeness (QED) is 0.794. The summed E-state index contributed by atoms with van der Waals surface area (Å²) in [5.74, 6) is 2.59. The van der Waals surface area contributed by atoms with Crippen LogP contribution in [0.4, 0.5) is 5.13 Å². The van der Waals surface area contributed by atoms with Crippen LogP contribution in [0.2, 0.25) is 0 Å². The van der Waals surface area contributed by atoms with E-state index in [1.807, 2.05) is 11.6 Å². The van der Waals surface area contributed by atoms with E-state index >= 15 is 0 Å². The molecule has 0 aliphatic carbocycles. The first kappa shape index (κ1) is 8.38. The van der Waals surface area contributed by atoms with E-state index in [1.165, 1.54) is 24.3 Å². The highest BCUT2D eigenvalue weighted by Crippen LogP contribution is 2.21. The van der Waals surface area contributed by atoms with Gasteiger partial charge in [-0.15, -0.1) is 11.3 Å². The van der Waals surface area contributed by atoms with Crippen molar-refractivity contribution in [2.75, 3.05) is 16.8 Å². The SMILES string of the molecule is c1csc(NC2CCSCC2)n1. The minimum Gasteiger partial charge on any atom is -0.359 e. The van der Waals surface area contributed by atoms with E-state index in [1.54, 1.807) is 11.3 Å². The summed E-state index contributed by atoms with van der Waals surface area (Å²) in [6, 6.07) is 0.664. The monoisotopic (exact) mass is 200 g/mol. The molecule has 1 aliphatic rings. The number of nitrogens with zero attached hydrogens (tertiary/aromatic N) is 1. The topological polar surface area (TPSA) is 24.9 Å². The lowest BCUT2D eigenvalue weighted by Crippen LogP contribution is -2.24. The van der Waals surface area contributed by atoms with Gasteiger partial charge in [-0.05, 0) is 24.3 Å². The van der Waals surface area contributed by atoms with E-state index in [-0.39, 0.29) is 0 Å². The van der Waals surface area contributed by atoms with Crippen molar-refractivity contribution in [3.8, 4) is 0 Å². The van der Waals surface area contributed by atoms with Gasteiger partial charge in [0.05, 0.1) is 0 Å². The molecule has 12 heavy (non-hydrogen) atoms. The molecule has 0 bridgehead atoms. The highest BCUT2D eigenvalue weighted by atomic mass is 32.2. The van der Waals surface area contributed by atoms with Crippen LogP contribution in [0.1, 0.15) is 12.8 Å². The Balaban J connectivity index is 1.86. The molecule has 0 amide bonds. The molecule has 66 valence electrons. The third kappa shape index (κ3) is 2.14. The lowest BCUT2D eigenvalue weighted by atomic mass is 10.2. The van der Waals surface area contributed by atoms with Gasteiger partial charge in [0.15, 0.2) is 5.13 Å². The summed E-state index contributed by atoms with van der Waals surface area (Å²) in [6.45, 7) is 0.